The van der Waals surface area contributed by atoms with Crippen molar-refractivity contribution >= 4 is 5.91 Å². The molecular formula is C15H22N2O. The van der Waals surface area contributed by atoms with Gasteiger partial charge in [-0.1, -0.05) is 38.1 Å². The SMILES string of the molecule is CC(C)C(CN)C(=O)NCC1Cc2ccccc21. The summed E-state index contributed by atoms with van der Waals surface area (Å²) in [6, 6.07) is 8.43. The third-order valence-electron chi connectivity index (χ3n) is 3.88. The van der Waals surface area contributed by atoms with Gasteiger partial charge in [0, 0.05) is 19.0 Å². The summed E-state index contributed by atoms with van der Waals surface area (Å²) >= 11 is 0. The standard InChI is InChI=1S/C15H22N2O/c1-10(2)14(8-16)15(18)17-9-12-7-11-5-3-4-6-13(11)12/h3-6,10,12,14H,7-9,16H2,1-2H3,(H,17,18). The highest BCUT2D eigenvalue weighted by Gasteiger charge is 2.27. The van der Waals surface area contributed by atoms with Crippen LogP contribution in [-0.2, 0) is 11.2 Å². The zero-order chi connectivity index (χ0) is 13.1. The number of hydrogen-bond acceptors (Lipinski definition) is 2. The molecular weight excluding hydrogens is 224 g/mol. The molecule has 0 saturated heterocycles. The first kappa shape index (κ1) is 13.1. The van der Waals surface area contributed by atoms with Crippen LogP contribution in [0, 0.1) is 11.8 Å². The minimum Gasteiger partial charge on any atom is -0.355 e. The quantitative estimate of drug-likeness (QED) is 0.830. The Bertz CT molecular complexity index is 428. The average Bonchev–Trinajstić information content (AvgIpc) is 2.30. The highest BCUT2D eigenvalue weighted by atomic mass is 16.1. The van der Waals surface area contributed by atoms with E-state index in [1.54, 1.807) is 0 Å². The largest absolute Gasteiger partial charge is 0.355 e. The molecule has 0 radical (unpaired) electrons. The lowest BCUT2D eigenvalue weighted by Gasteiger charge is -2.31. The molecule has 1 aliphatic carbocycles. The lowest BCUT2D eigenvalue weighted by molar-refractivity contribution is -0.126. The maximum absolute atomic E-state index is 12.0. The number of nitrogens with two attached hydrogens (primary N) is 1. The van der Waals surface area contributed by atoms with E-state index < -0.39 is 0 Å². The van der Waals surface area contributed by atoms with Gasteiger partial charge in [-0.05, 0) is 23.5 Å². The predicted octanol–water partition coefficient (Wildman–Crippen LogP) is 1.67. The fraction of sp³-hybridized carbons (Fsp3) is 0.533. The minimum atomic E-state index is -0.0691. The van der Waals surface area contributed by atoms with Crippen LogP contribution in [0.15, 0.2) is 24.3 Å². The molecule has 1 aromatic rings. The van der Waals surface area contributed by atoms with E-state index in [-0.39, 0.29) is 11.8 Å². The first-order valence-electron chi connectivity index (χ1n) is 6.69. The van der Waals surface area contributed by atoms with E-state index in [1.165, 1.54) is 11.1 Å². The van der Waals surface area contributed by atoms with Crippen LogP contribution >= 0.6 is 0 Å². The summed E-state index contributed by atoms with van der Waals surface area (Å²) in [7, 11) is 0. The van der Waals surface area contributed by atoms with Crippen molar-refractivity contribution in [3.63, 3.8) is 0 Å². The Balaban J connectivity index is 1.85. The lowest BCUT2D eigenvalue weighted by Crippen LogP contribution is -2.41. The minimum absolute atomic E-state index is 0.0691. The Morgan fingerprint density at radius 3 is 2.78 bits per heavy atom. The number of hydrogen-bond donors (Lipinski definition) is 2. The summed E-state index contributed by atoms with van der Waals surface area (Å²) in [4.78, 5) is 12.0. The Morgan fingerprint density at radius 2 is 2.17 bits per heavy atom. The molecule has 0 bridgehead atoms. The van der Waals surface area contributed by atoms with Crippen LogP contribution in [0.4, 0.5) is 0 Å². The van der Waals surface area contributed by atoms with Gasteiger partial charge in [0.2, 0.25) is 5.91 Å². The number of carbonyl (C=O) groups excluding carboxylic acids is 1. The van der Waals surface area contributed by atoms with Crippen molar-refractivity contribution in [3.8, 4) is 0 Å². The number of rotatable bonds is 5. The highest BCUT2D eigenvalue weighted by molar-refractivity contribution is 5.79. The van der Waals surface area contributed by atoms with E-state index in [0.29, 0.717) is 18.4 Å². The van der Waals surface area contributed by atoms with E-state index in [4.69, 9.17) is 5.73 Å². The van der Waals surface area contributed by atoms with Gasteiger partial charge in [0.25, 0.3) is 0 Å². The normalized spacial score (nSPS) is 19.0. The number of amides is 1. The fourth-order valence-corrected chi connectivity index (χ4v) is 2.58. The summed E-state index contributed by atoms with van der Waals surface area (Å²) < 4.78 is 0. The molecule has 3 N–H and O–H groups in total. The van der Waals surface area contributed by atoms with E-state index >= 15 is 0 Å². The van der Waals surface area contributed by atoms with Crippen LogP contribution in [0.25, 0.3) is 0 Å². The van der Waals surface area contributed by atoms with E-state index in [0.717, 1.165) is 13.0 Å². The second-order valence-corrected chi connectivity index (χ2v) is 5.43. The zero-order valence-electron chi connectivity index (χ0n) is 11.1. The molecule has 2 atom stereocenters. The molecule has 0 heterocycles. The Kier molecular flexibility index (Phi) is 4.02. The van der Waals surface area contributed by atoms with Gasteiger partial charge in [-0.2, -0.15) is 0 Å². The van der Waals surface area contributed by atoms with Crippen LogP contribution in [-0.4, -0.2) is 19.0 Å². The van der Waals surface area contributed by atoms with Crippen molar-refractivity contribution in [2.24, 2.45) is 17.6 Å². The van der Waals surface area contributed by atoms with Crippen molar-refractivity contribution in [3.05, 3.63) is 35.4 Å². The summed E-state index contributed by atoms with van der Waals surface area (Å²) in [5.41, 5.74) is 8.44. The highest BCUT2D eigenvalue weighted by Crippen LogP contribution is 2.34. The fourth-order valence-electron chi connectivity index (χ4n) is 2.58. The van der Waals surface area contributed by atoms with E-state index in [9.17, 15) is 4.79 Å². The van der Waals surface area contributed by atoms with Crippen molar-refractivity contribution in [2.45, 2.75) is 26.2 Å². The van der Waals surface area contributed by atoms with Gasteiger partial charge in [0.05, 0.1) is 5.92 Å². The molecule has 0 saturated carbocycles. The molecule has 1 aromatic carbocycles. The smallest absolute Gasteiger partial charge is 0.224 e. The molecule has 1 aliphatic rings. The van der Waals surface area contributed by atoms with E-state index in [2.05, 4.69) is 29.6 Å². The lowest BCUT2D eigenvalue weighted by atomic mass is 9.77. The molecule has 1 amide bonds. The molecule has 3 heteroatoms. The first-order chi connectivity index (χ1) is 8.63. The third kappa shape index (κ3) is 2.56. The number of nitrogens with one attached hydrogen (secondary N) is 1. The number of carbonyl (C=O) groups is 1. The molecule has 2 unspecified atom stereocenters. The van der Waals surface area contributed by atoms with Gasteiger partial charge >= 0.3 is 0 Å². The molecule has 0 aliphatic heterocycles. The molecule has 0 fully saturated rings. The molecule has 18 heavy (non-hydrogen) atoms. The van der Waals surface area contributed by atoms with E-state index in [1.807, 2.05) is 13.8 Å². The maximum Gasteiger partial charge on any atom is 0.224 e. The summed E-state index contributed by atoms with van der Waals surface area (Å²) in [5.74, 6) is 0.802. The van der Waals surface area contributed by atoms with Gasteiger partial charge in [0.15, 0.2) is 0 Å². The molecule has 0 spiro atoms. The van der Waals surface area contributed by atoms with Gasteiger partial charge in [-0.3, -0.25) is 4.79 Å². The van der Waals surface area contributed by atoms with Crippen LogP contribution in [0.5, 0.6) is 0 Å². The number of benzene rings is 1. The van der Waals surface area contributed by atoms with Crippen molar-refractivity contribution in [2.75, 3.05) is 13.1 Å². The van der Waals surface area contributed by atoms with Crippen LogP contribution in [0.1, 0.15) is 30.9 Å². The molecule has 2 rings (SSSR count). The predicted molar refractivity (Wildman–Crippen MR) is 73.3 cm³/mol. The van der Waals surface area contributed by atoms with Crippen LogP contribution in [0.2, 0.25) is 0 Å². The summed E-state index contributed by atoms with van der Waals surface area (Å²) in [5, 5.41) is 3.04. The van der Waals surface area contributed by atoms with Gasteiger partial charge < -0.3 is 11.1 Å². The Morgan fingerprint density at radius 1 is 1.44 bits per heavy atom. The molecule has 3 nitrogen and oxygen atoms in total. The second-order valence-electron chi connectivity index (χ2n) is 5.43. The van der Waals surface area contributed by atoms with Crippen LogP contribution in [0.3, 0.4) is 0 Å². The average molecular weight is 246 g/mol. The Labute approximate surface area is 109 Å². The first-order valence-corrected chi connectivity index (χ1v) is 6.69. The van der Waals surface area contributed by atoms with Crippen LogP contribution < -0.4 is 11.1 Å². The number of fused-ring (bicyclic) bond motifs is 1. The van der Waals surface area contributed by atoms with Crippen molar-refractivity contribution < 1.29 is 4.79 Å². The summed E-state index contributed by atoms with van der Waals surface area (Å²) in [6.07, 6.45) is 1.07. The van der Waals surface area contributed by atoms with Crippen molar-refractivity contribution in [1.82, 2.24) is 5.32 Å². The van der Waals surface area contributed by atoms with Gasteiger partial charge in [0.1, 0.15) is 0 Å². The molecule has 0 aromatic heterocycles. The summed E-state index contributed by atoms with van der Waals surface area (Å²) in [6.45, 7) is 5.23. The molecule has 98 valence electrons. The third-order valence-corrected chi connectivity index (χ3v) is 3.88. The van der Waals surface area contributed by atoms with Gasteiger partial charge in [-0.15, -0.1) is 0 Å². The maximum atomic E-state index is 12.0. The topological polar surface area (TPSA) is 55.1 Å². The second kappa shape index (κ2) is 5.53. The van der Waals surface area contributed by atoms with Crippen molar-refractivity contribution in [1.29, 1.82) is 0 Å². The van der Waals surface area contributed by atoms with Gasteiger partial charge in [-0.25, -0.2) is 0 Å². The monoisotopic (exact) mass is 246 g/mol. The Hall–Kier alpha value is -1.35. The zero-order valence-corrected chi connectivity index (χ0v) is 11.1.